The lowest BCUT2D eigenvalue weighted by atomic mass is 10.1. The Kier molecular flexibility index (Phi) is 6.64. The Morgan fingerprint density at radius 3 is 2.20 bits per heavy atom. The van der Waals surface area contributed by atoms with Crippen molar-refractivity contribution in [2.24, 2.45) is 5.14 Å². The highest BCUT2D eigenvalue weighted by Crippen LogP contribution is 2.34. The molecule has 0 unspecified atom stereocenters. The molecular formula is C23H16Cl2N4O5S. The quantitative estimate of drug-likeness (QED) is 0.415. The summed E-state index contributed by atoms with van der Waals surface area (Å²) in [4.78, 5) is 39.0. The number of hydrogen-bond acceptors (Lipinski definition) is 6. The van der Waals surface area contributed by atoms with E-state index in [4.69, 9.17) is 28.3 Å². The molecule has 0 fully saturated rings. The standard InChI is InChI=1S/C23H16Cl2N4O5S/c24-17-6-1-2-7-18(17)29-22(31)19(25)20(23(29)32)27-15-5-3-4-13(12-15)21(30)28-14-8-10-16(11-9-14)35(26,33)34/h1-12,27H,(H,28,30)(H2,26,33,34). The van der Waals surface area contributed by atoms with Gasteiger partial charge in [-0.25, -0.2) is 18.5 Å². The molecule has 0 atom stereocenters. The molecule has 12 heteroatoms. The Balaban J connectivity index is 1.52. The SMILES string of the molecule is NS(=O)(=O)c1ccc(NC(=O)c2cccc(NC3=C(Cl)C(=O)N(c4ccccc4Cl)C3=O)c2)cc1. The first kappa shape index (κ1) is 24.4. The van der Waals surface area contributed by atoms with Crippen LogP contribution in [0.2, 0.25) is 5.02 Å². The number of imide groups is 1. The number of nitrogens with one attached hydrogen (secondary N) is 2. The van der Waals surface area contributed by atoms with Crippen molar-refractivity contribution in [3.63, 3.8) is 0 Å². The molecule has 1 heterocycles. The van der Waals surface area contributed by atoms with Crippen LogP contribution in [0.15, 0.2) is 88.4 Å². The molecule has 178 valence electrons. The monoisotopic (exact) mass is 530 g/mol. The summed E-state index contributed by atoms with van der Waals surface area (Å²) >= 11 is 12.3. The highest BCUT2D eigenvalue weighted by atomic mass is 35.5. The topological polar surface area (TPSA) is 139 Å². The maximum absolute atomic E-state index is 13.0. The second-order valence-electron chi connectivity index (χ2n) is 7.32. The van der Waals surface area contributed by atoms with Gasteiger partial charge in [-0.1, -0.05) is 41.4 Å². The molecular weight excluding hydrogens is 515 g/mol. The van der Waals surface area contributed by atoms with Crippen molar-refractivity contribution in [3.8, 4) is 0 Å². The molecule has 3 aromatic rings. The van der Waals surface area contributed by atoms with Gasteiger partial charge in [-0.2, -0.15) is 0 Å². The van der Waals surface area contributed by atoms with Crippen LogP contribution < -0.4 is 20.7 Å². The molecule has 9 nitrogen and oxygen atoms in total. The van der Waals surface area contributed by atoms with Gasteiger partial charge in [-0.05, 0) is 54.6 Å². The van der Waals surface area contributed by atoms with Crippen molar-refractivity contribution < 1.29 is 22.8 Å². The van der Waals surface area contributed by atoms with Gasteiger partial charge in [0.25, 0.3) is 17.7 Å². The minimum atomic E-state index is -3.85. The Hall–Kier alpha value is -3.70. The van der Waals surface area contributed by atoms with E-state index in [2.05, 4.69) is 10.6 Å². The fourth-order valence-corrected chi connectivity index (χ4v) is 4.23. The molecule has 1 aliphatic heterocycles. The summed E-state index contributed by atoms with van der Waals surface area (Å²) in [7, 11) is -3.85. The highest BCUT2D eigenvalue weighted by molar-refractivity contribution is 7.89. The molecule has 0 spiro atoms. The predicted octanol–water partition coefficient (Wildman–Crippen LogP) is 3.68. The number of anilines is 3. The number of sulfonamides is 1. The molecule has 35 heavy (non-hydrogen) atoms. The number of carbonyl (C=O) groups is 3. The minimum absolute atomic E-state index is 0.0894. The first-order valence-corrected chi connectivity index (χ1v) is 12.2. The molecule has 1 aliphatic rings. The van der Waals surface area contributed by atoms with Crippen LogP contribution >= 0.6 is 23.2 Å². The lowest BCUT2D eigenvalue weighted by Gasteiger charge is -2.16. The maximum Gasteiger partial charge on any atom is 0.283 e. The van der Waals surface area contributed by atoms with Crippen LogP contribution in [-0.2, 0) is 19.6 Å². The Bertz CT molecular complexity index is 1500. The molecule has 0 radical (unpaired) electrons. The first-order chi connectivity index (χ1) is 16.6. The number of nitrogens with two attached hydrogens (primary N) is 1. The fraction of sp³-hybridized carbons (Fsp3) is 0. The van der Waals surface area contributed by atoms with Gasteiger partial charge in [0, 0.05) is 16.9 Å². The zero-order chi connectivity index (χ0) is 25.3. The van der Waals surface area contributed by atoms with Gasteiger partial charge in [0.05, 0.1) is 15.6 Å². The van der Waals surface area contributed by atoms with Crippen molar-refractivity contribution in [1.82, 2.24) is 0 Å². The Morgan fingerprint density at radius 1 is 0.857 bits per heavy atom. The van der Waals surface area contributed by atoms with E-state index in [9.17, 15) is 22.8 Å². The van der Waals surface area contributed by atoms with Crippen LogP contribution in [0.3, 0.4) is 0 Å². The van der Waals surface area contributed by atoms with E-state index in [0.717, 1.165) is 4.90 Å². The molecule has 0 saturated carbocycles. The average molecular weight is 531 g/mol. The summed E-state index contributed by atoms with van der Waals surface area (Å²) < 4.78 is 22.7. The van der Waals surface area contributed by atoms with Gasteiger partial charge in [0.15, 0.2) is 0 Å². The van der Waals surface area contributed by atoms with Crippen LogP contribution in [0, 0.1) is 0 Å². The van der Waals surface area contributed by atoms with Crippen molar-refractivity contribution in [1.29, 1.82) is 0 Å². The summed E-state index contributed by atoms with van der Waals surface area (Å²) in [5, 5.41) is 10.4. The van der Waals surface area contributed by atoms with Gasteiger partial charge >= 0.3 is 0 Å². The summed E-state index contributed by atoms with van der Waals surface area (Å²) in [6.07, 6.45) is 0. The number of carbonyl (C=O) groups excluding carboxylic acids is 3. The number of halogens is 2. The van der Waals surface area contributed by atoms with Crippen LogP contribution in [0.25, 0.3) is 0 Å². The maximum atomic E-state index is 13.0. The molecule has 4 rings (SSSR count). The lowest BCUT2D eigenvalue weighted by Crippen LogP contribution is -2.32. The summed E-state index contributed by atoms with van der Waals surface area (Å²) in [5.41, 5.74) is 0.936. The number of nitrogens with zero attached hydrogens (tertiary/aromatic N) is 1. The molecule has 0 aromatic heterocycles. The van der Waals surface area contributed by atoms with E-state index in [1.54, 1.807) is 30.3 Å². The molecule has 0 aliphatic carbocycles. The van der Waals surface area contributed by atoms with E-state index in [1.807, 2.05) is 0 Å². The van der Waals surface area contributed by atoms with Crippen LogP contribution in [0.4, 0.5) is 17.1 Å². The second kappa shape index (κ2) is 9.51. The van der Waals surface area contributed by atoms with Gasteiger partial charge in [0.1, 0.15) is 10.7 Å². The van der Waals surface area contributed by atoms with Crippen LogP contribution in [0.1, 0.15) is 10.4 Å². The molecule has 4 N–H and O–H groups in total. The first-order valence-electron chi connectivity index (χ1n) is 9.90. The van der Waals surface area contributed by atoms with Crippen molar-refractivity contribution >= 4 is 68.0 Å². The van der Waals surface area contributed by atoms with Crippen LogP contribution in [0.5, 0.6) is 0 Å². The number of rotatable bonds is 6. The van der Waals surface area contributed by atoms with Gasteiger partial charge in [-0.3, -0.25) is 14.4 Å². The predicted molar refractivity (Wildman–Crippen MR) is 133 cm³/mol. The fourth-order valence-electron chi connectivity index (χ4n) is 3.28. The van der Waals surface area contributed by atoms with E-state index >= 15 is 0 Å². The molecule has 3 aromatic carbocycles. The minimum Gasteiger partial charge on any atom is -0.350 e. The molecule has 0 saturated heterocycles. The smallest absolute Gasteiger partial charge is 0.283 e. The van der Waals surface area contributed by atoms with E-state index < -0.39 is 27.7 Å². The number of benzene rings is 3. The van der Waals surface area contributed by atoms with Gasteiger partial charge in [0.2, 0.25) is 10.0 Å². The summed E-state index contributed by atoms with van der Waals surface area (Å²) in [6.45, 7) is 0. The molecule has 0 bridgehead atoms. The third-order valence-electron chi connectivity index (χ3n) is 4.96. The Labute approximate surface area is 210 Å². The van der Waals surface area contributed by atoms with Crippen molar-refractivity contribution in [2.75, 3.05) is 15.5 Å². The zero-order valence-electron chi connectivity index (χ0n) is 17.7. The van der Waals surface area contributed by atoms with E-state index in [-0.39, 0.29) is 31.9 Å². The van der Waals surface area contributed by atoms with E-state index in [0.29, 0.717) is 11.4 Å². The number of para-hydroxylation sites is 1. The number of hydrogen-bond donors (Lipinski definition) is 3. The second-order valence-corrected chi connectivity index (χ2v) is 9.66. The third-order valence-corrected chi connectivity index (χ3v) is 6.55. The zero-order valence-corrected chi connectivity index (χ0v) is 20.0. The van der Waals surface area contributed by atoms with Crippen LogP contribution in [-0.4, -0.2) is 26.1 Å². The molecule has 3 amide bonds. The third kappa shape index (κ3) is 5.05. The summed E-state index contributed by atoms with van der Waals surface area (Å²) in [6, 6.07) is 17.8. The van der Waals surface area contributed by atoms with Crippen molar-refractivity contribution in [2.45, 2.75) is 4.90 Å². The summed E-state index contributed by atoms with van der Waals surface area (Å²) in [5.74, 6) is -1.93. The number of amides is 3. The van der Waals surface area contributed by atoms with Crippen molar-refractivity contribution in [3.05, 3.63) is 94.1 Å². The average Bonchev–Trinajstić information content (AvgIpc) is 3.02. The van der Waals surface area contributed by atoms with Gasteiger partial charge < -0.3 is 10.6 Å². The van der Waals surface area contributed by atoms with E-state index in [1.165, 1.54) is 42.5 Å². The number of primary sulfonamides is 1. The Morgan fingerprint density at radius 2 is 1.54 bits per heavy atom. The largest absolute Gasteiger partial charge is 0.350 e. The highest BCUT2D eigenvalue weighted by Gasteiger charge is 2.39. The normalized spacial score (nSPS) is 13.9. The lowest BCUT2D eigenvalue weighted by molar-refractivity contribution is -0.120. The van der Waals surface area contributed by atoms with Gasteiger partial charge in [-0.15, -0.1) is 0 Å².